The molecular formula is C22H24BrClN2O4. The maximum Gasteiger partial charge on any atom is 0.306 e. The Kier molecular flexibility index (Phi) is 9.33. The van der Waals surface area contributed by atoms with Crippen molar-refractivity contribution in [1.29, 1.82) is 0 Å². The zero-order valence-corrected chi connectivity index (χ0v) is 19.2. The predicted octanol–water partition coefficient (Wildman–Crippen LogP) is 5.26. The summed E-state index contributed by atoms with van der Waals surface area (Å²) in [6, 6.07) is 11.0. The number of rotatable bonds is 9. The van der Waals surface area contributed by atoms with E-state index in [2.05, 4.69) is 26.6 Å². The second-order valence-corrected chi connectivity index (χ2v) is 7.89. The maximum atomic E-state index is 12.1. The van der Waals surface area contributed by atoms with Gasteiger partial charge in [0.15, 0.2) is 6.61 Å². The molecule has 0 aliphatic carbocycles. The van der Waals surface area contributed by atoms with E-state index >= 15 is 0 Å². The number of para-hydroxylation sites is 1. The highest BCUT2D eigenvalue weighted by Crippen LogP contribution is 2.30. The Labute approximate surface area is 189 Å². The number of aryl methyl sites for hydroxylation is 1. The molecule has 0 heterocycles. The highest BCUT2D eigenvalue weighted by atomic mass is 79.9. The minimum atomic E-state index is -0.530. The number of amides is 2. The van der Waals surface area contributed by atoms with Crippen molar-refractivity contribution in [2.45, 2.75) is 39.5 Å². The van der Waals surface area contributed by atoms with Crippen molar-refractivity contribution in [3.8, 4) is 0 Å². The van der Waals surface area contributed by atoms with Crippen LogP contribution in [0.2, 0.25) is 5.02 Å². The summed E-state index contributed by atoms with van der Waals surface area (Å²) >= 11 is 9.44. The van der Waals surface area contributed by atoms with Gasteiger partial charge in [0, 0.05) is 28.7 Å². The summed E-state index contributed by atoms with van der Waals surface area (Å²) < 4.78 is 5.71. The van der Waals surface area contributed by atoms with Crippen LogP contribution in [0.4, 0.5) is 11.4 Å². The van der Waals surface area contributed by atoms with Crippen molar-refractivity contribution in [3.05, 3.63) is 57.0 Å². The van der Waals surface area contributed by atoms with Crippen LogP contribution >= 0.6 is 27.5 Å². The Balaban J connectivity index is 1.70. The highest BCUT2D eigenvalue weighted by molar-refractivity contribution is 9.10. The van der Waals surface area contributed by atoms with Crippen molar-refractivity contribution in [2.75, 3.05) is 17.2 Å². The fourth-order valence-corrected chi connectivity index (χ4v) is 3.34. The molecule has 8 heteroatoms. The third-order valence-corrected chi connectivity index (χ3v) is 5.81. The molecular weight excluding hydrogens is 472 g/mol. The molecule has 30 heavy (non-hydrogen) atoms. The standard InChI is InChI=1S/C22H24BrClN2O4/c1-3-15-7-4-5-8-18(15)26-19(27)9-6-10-21(29)30-13-20(28)25-17-12-11-16(23)22(24)14(17)2/h4-5,7-8,11-12H,3,6,9-10,13H2,1-2H3,(H,25,28)(H,26,27). The molecule has 0 radical (unpaired) electrons. The first kappa shape index (κ1) is 23.9. The van der Waals surface area contributed by atoms with Crippen molar-refractivity contribution in [2.24, 2.45) is 0 Å². The second-order valence-electron chi connectivity index (χ2n) is 6.66. The Morgan fingerprint density at radius 3 is 2.43 bits per heavy atom. The first-order chi connectivity index (χ1) is 14.3. The van der Waals surface area contributed by atoms with Crippen LogP contribution < -0.4 is 10.6 Å². The van der Waals surface area contributed by atoms with Gasteiger partial charge in [0.2, 0.25) is 5.91 Å². The highest BCUT2D eigenvalue weighted by Gasteiger charge is 2.12. The number of hydrogen-bond donors (Lipinski definition) is 2. The second kappa shape index (κ2) is 11.7. The number of benzene rings is 2. The van der Waals surface area contributed by atoms with Crippen LogP contribution in [0.5, 0.6) is 0 Å². The lowest BCUT2D eigenvalue weighted by atomic mass is 10.1. The van der Waals surface area contributed by atoms with Gasteiger partial charge in [-0.15, -0.1) is 0 Å². The Morgan fingerprint density at radius 2 is 1.70 bits per heavy atom. The summed E-state index contributed by atoms with van der Waals surface area (Å²) in [5.74, 6) is -1.15. The van der Waals surface area contributed by atoms with Gasteiger partial charge in [0.25, 0.3) is 5.91 Å². The maximum absolute atomic E-state index is 12.1. The molecule has 0 saturated heterocycles. The summed E-state index contributed by atoms with van der Waals surface area (Å²) in [7, 11) is 0. The fraction of sp³-hybridized carbons (Fsp3) is 0.318. The molecule has 2 rings (SSSR count). The first-order valence-corrected chi connectivity index (χ1v) is 10.8. The largest absolute Gasteiger partial charge is 0.456 e. The molecule has 0 unspecified atom stereocenters. The van der Waals surface area contributed by atoms with E-state index in [0.717, 1.165) is 22.1 Å². The zero-order valence-electron chi connectivity index (χ0n) is 16.9. The topological polar surface area (TPSA) is 84.5 Å². The SMILES string of the molecule is CCc1ccccc1NC(=O)CCCC(=O)OCC(=O)Nc1ccc(Br)c(Cl)c1C. The number of ether oxygens (including phenoxy) is 1. The van der Waals surface area contributed by atoms with Gasteiger partial charge in [-0.05, 0) is 65.0 Å². The molecule has 0 aromatic heterocycles. The van der Waals surface area contributed by atoms with Crippen molar-refractivity contribution in [3.63, 3.8) is 0 Å². The number of esters is 1. The summed E-state index contributed by atoms with van der Waals surface area (Å²) in [6.07, 6.45) is 1.40. The van der Waals surface area contributed by atoms with E-state index in [4.69, 9.17) is 16.3 Å². The molecule has 0 fully saturated rings. The molecule has 0 atom stereocenters. The van der Waals surface area contributed by atoms with Gasteiger partial charge in [-0.2, -0.15) is 0 Å². The number of carbonyl (C=O) groups is 3. The van der Waals surface area contributed by atoms with Gasteiger partial charge in [0.1, 0.15) is 0 Å². The smallest absolute Gasteiger partial charge is 0.306 e. The molecule has 2 N–H and O–H groups in total. The van der Waals surface area contributed by atoms with Gasteiger partial charge < -0.3 is 15.4 Å². The van der Waals surface area contributed by atoms with E-state index in [1.807, 2.05) is 31.2 Å². The Morgan fingerprint density at radius 1 is 1.00 bits per heavy atom. The minimum absolute atomic E-state index is 0.0548. The number of hydrogen-bond acceptors (Lipinski definition) is 4. The van der Waals surface area contributed by atoms with Crippen molar-refractivity contribution >= 4 is 56.7 Å². The van der Waals surface area contributed by atoms with Gasteiger partial charge in [-0.1, -0.05) is 36.7 Å². The van der Waals surface area contributed by atoms with Crippen LogP contribution in [0.25, 0.3) is 0 Å². The van der Waals surface area contributed by atoms with Crippen molar-refractivity contribution < 1.29 is 19.1 Å². The number of anilines is 2. The number of carbonyl (C=O) groups excluding carboxylic acids is 3. The monoisotopic (exact) mass is 494 g/mol. The van der Waals surface area contributed by atoms with Gasteiger partial charge in [0.05, 0.1) is 5.02 Å². The Hall–Kier alpha value is -2.38. The molecule has 2 amide bonds. The van der Waals surface area contributed by atoms with Gasteiger partial charge in [-0.25, -0.2) is 0 Å². The number of nitrogens with one attached hydrogen (secondary N) is 2. The third-order valence-electron chi connectivity index (χ3n) is 4.43. The molecule has 0 spiro atoms. The van der Waals surface area contributed by atoms with E-state index in [9.17, 15) is 14.4 Å². The van der Waals surface area contributed by atoms with Gasteiger partial charge >= 0.3 is 5.97 Å². The van der Waals surface area contributed by atoms with Crippen LogP contribution in [0.3, 0.4) is 0 Å². The molecule has 2 aromatic rings. The molecule has 2 aromatic carbocycles. The van der Waals surface area contributed by atoms with Crippen molar-refractivity contribution in [1.82, 2.24) is 0 Å². The van der Waals surface area contributed by atoms with E-state index < -0.39 is 18.5 Å². The van der Waals surface area contributed by atoms with Crippen LogP contribution in [0, 0.1) is 6.92 Å². The Bertz CT molecular complexity index is 933. The molecule has 0 bridgehead atoms. The molecule has 0 saturated carbocycles. The van der Waals surface area contributed by atoms with Crippen LogP contribution in [-0.2, 0) is 25.5 Å². The number of halogens is 2. The van der Waals surface area contributed by atoms with Crippen LogP contribution in [0.15, 0.2) is 40.9 Å². The van der Waals surface area contributed by atoms with Gasteiger partial charge in [-0.3, -0.25) is 14.4 Å². The summed E-state index contributed by atoms with van der Waals surface area (Å²) in [6.45, 7) is 3.39. The lowest BCUT2D eigenvalue weighted by Gasteiger charge is -2.11. The van der Waals surface area contributed by atoms with Crippen LogP contribution in [-0.4, -0.2) is 24.4 Å². The summed E-state index contributed by atoms with van der Waals surface area (Å²) in [5, 5.41) is 6.02. The lowest BCUT2D eigenvalue weighted by Crippen LogP contribution is -2.21. The quantitative estimate of drug-likeness (QED) is 0.465. The molecule has 6 nitrogen and oxygen atoms in total. The van der Waals surface area contributed by atoms with E-state index in [0.29, 0.717) is 22.7 Å². The average Bonchev–Trinajstić information content (AvgIpc) is 2.73. The average molecular weight is 496 g/mol. The lowest BCUT2D eigenvalue weighted by molar-refractivity contribution is -0.147. The predicted molar refractivity (Wildman–Crippen MR) is 122 cm³/mol. The molecule has 0 aliphatic rings. The van der Waals surface area contributed by atoms with Crippen LogP contribution in [0.1, 0.15) is 37.3 Å². The zero-order chi connectivity index (χ0) is 22.1. The normalized spacial score (nSPS) is 10.4. The summed E-state index contributed by atoms with van der Waals surface area (Å²) in [4.78, 5) is 35.9. The van der Waals surface area contributed by atoms with E-state index in [-0.39, 0.29) is 18.7 Å². The van der Waals surface area contributed by atoms with E-state index in [1.165, 1.54) is 0 Å². The molecule has 0 aliphatic heterocycles. The summed E-state index contributed by atoms with van der Waals surface area (Å²) in [5.41, 5.74) is 3.10. The van der Waals surface area contributed by atoms with E-state index in [1.54, 1.807) is 19.1 Å². The molecule has 160 valence electrons. The first-order valence-electron chi connectivity index (χ1n) is 9.59. The third kappa shape index (κ3) is 7.15. The fourth-order valence-electron chi connectivity index (χ4n) is 2.75. The minimum Gasteiger partial charge on any atom is -0.456 e.